The van der Waals surface area contributed by atoms with Gasteiger partial charge in [0.25, 0.3) is 0 Å². The summed E-state index contributed by atoms with van der Waals surface area (Å²) in [4.78, 5) is 12.3. The number of ketones is 1. The zero-order valence-electron chi connectivity index (χ0n) is 17.3. The molecule has 0 aliphatic heterocycles. The number of aliphatic hydroxyl groups is 1. The molecule has 2 unspecified atom stereocenters. The fourth-order valence-electron chi connectivity index (χ4n) is 2.35. The first-order valence-corrected chi connectivity index (χ1v) is 14.8. The number of Topliss-reactive ketones (excluding diaryl/α,β-unsaturated/α-hetero) is 1. The summed E-state index contributed by atoms with van der Waals surface area (Å²) in [6.45, 7) is 21.6. The van der Waals surface area contributed by atoms with E-state index in [4.69, 9.17) is 8.85 Å². The number of rotatable bonds is 4. The number of carbonyl (C=O) groups is 1. The maximum atomic E-state index is 12.3. The lowest BCUT2D eigenvalue weighted by molar-refractivity contribution is -0.136. The molecule has 0 aromatic heterocycles. The van der Waals surface area contributed by atoms with Crippen LogP contribution in [0.5, 0.6) is 0 Å². The minimum Gasteiger partial charge on any atom is -0.411 e. The molecule has 1 aliphatic carbocycles. The average Bonchev–Trinajstić information content (AvgIpc) is 2.31. The zero-order chi connectivity index (χ0) is 19.1. The van der Waals surface area contributed by atoms with Crippen LogP contribution < -0.4 is 0 Å². The summed E-state index contributed by atoms with van der Waals surface area (Å²) in [6.07, 6.45) is -1.02. The van der Waals surface area contributed by atoms with Crippen molar-refractivity contribution in [3.8, 4) is 0 Å². The van der Waals surface area contributed by atoms with Crippen LogP contribution in [0, 0.1) is 0 Å². The maximum Gasteiger partial charge on any atom is 0.192 e. The number of hydrogen-bond donors (Lipinski definition) is 1. The molecule has 1 N–H and O–H groups in total. The van der Waals surface area contributed by atoms with Gasteiger partial charge >= 0.3 is 0 Å². The van der Waals surface area contributed by atoms with Gasteiger partial charge < -0.3 is 14.0 Å². The molecule has 0 heterocycles. The van der Waals surface area contributed by atoms with Gasteiger partial charge in [-0.05, 0) is 36.3 Å². The molecule has 1 fully saturated rings. The smallest absolute Gasteiger partial charge is 0.192 e. The third-order valence-electron chi connectivity index (χ3n) is 6.12. The quantitative estimate of drug-likeness (QED) is 0.737. The van der Waals surface area contributed by atoms with E-state index in [2.05, 4.69) is 67.7 Å². The topological polar surface area (TPSA) is 55.8 Å². The van der Waals surface area contributed by atoms with E-state index in [-0.39, 0.29) is 15.9 Å². The molecular weight excluding hydrogens is 336 g/mol. The van der Waals surface area contributed by atoms with Gasteiger partial charge in [0, 0.05) is 12.8 Å². The molecule has 142 valence electrons. The van der Waals surface area contributed by atoms with Crippen molar-refractivity contribution in [3.63, 3.8) is 0 Å². The summed E-state index contributed by atoms with van der Waals surface area (Å²) in [7, 11) is -4.09. The Morgan fingerprint density at radius 1 is 0.833 bits per heavy atom. The van der Waals surface area contributed by atoms with E-state index >= 15 is 0 Å². The number of hydrogen-bond acceptors (Lipinski definition) is 4. The standard InChI is InChI=1S/C18H38O4Si2/c1-17(2,3)23(7,8)21-14-11-13(19)12-15(16(14)20)22-24(9,10)18(4,5)6/h14-16,20H,11-12H2,1-10H3. The van der Waals surface area contributed by atoms with Crippen molar-refractivity contribution in [2.24, 2.45) is 0 Å². The highest BCUT2D eigenvalue weighted by Crippen LogP contribution is 2.41. The van der Waals surface area contributed by atoms with Crippen molar-refractivity contribution < 1.29 is 18.8 Å². The highest BCUT2D eigenvalue weighted by atomic mass is 28.4. The summed E-state index contributed by atoms with van der Waals surface area (Å²) < 4.78 is 12.7. The lowest BCUT2D eigenvalue weighted by atomic mass is 9.91. The predicted octanol–water partition coefficient (Wildman–Crippen LogP) is 4.49. The van der Waals surface area contributed by atoms with Gasteiger partial charge in [-0.1, -0.05) is 41.5 Å². The van der Waals surface area contributed by atoms with Gasteiger partial charge in [0.2, 0.25) is 0 Å². The van der Waals surface area contributed by atoms with E-state index < -0.39 is 34.9 Å². The van der Waals surface area contributed by atoms with Gasteiger partial charge in [0.15, 0.2) is 16.6 Å². The summed E-state index contributed by atoms with van der Waals surface area (Å²) in [5.74, 6) is 0.132. The Morgan fingerprint density at radius 2 is 1.12 bits per heavy atom. The van der Waals surface area contributed by atoms with Crippen molar-refractivity contribution in [2.45, 2.75) is 109 Å². The van der Waals surface area contributed by atoms with Crippen LogP contribution in [0.1, 0.15) is 54.4 Å². The van der Waals surface area contributed by atoms with Crippen LogP contribution in [0.15, 0.2) is 0 Å². The molecule has 0 spiro atoms. The number of aliphatic hydroxyl groups excluding tert-OH is 1. The summed E-state index contributed by atoms with van der Waals surface area (Å²) >= 11 is 0. The molecule has 0 amide bonds. The Labute approximate surface area is 150 Å². The second-order valence-corrected chi connectivity index (χ2v) is 19.8. The van der Waals surface area contributed by atoms with Gasteiger partial charge in [-0.25, -0.2) is 0 Å². The molecule has 1 saturated carbocycles. The molecule has 24 heavy (non-hydrogen) atoms. The van der Waals surface area contributed by atoms with E-state index in [1.807, 2.05) is 0 Å². The summed E-state index contributed by atoms with van der Waals surface area (Å²) in [5, 5.41) is 10.9. The average molecular weight is 375 g/mol. The van der Waals surface area contributed by atoms with E-state index in [9.17, 15) is 9.90 Å². The van der Waals surface area contributed by atoms with Crippen LogP contribution in [0.3, 0.4) is 0 Å². The Morgan fingerprint density at radius 3 is 1.38 bits per heavy atom. The van der Waals surface area contributed by atoms with E-state index in [0.29, 0.717) is 12.8 Å². The molecule has 0 aromatic rings. The third-order valence-corrected chi connectivity index (χ3v) is 15.1. The predicted molar refractivity (Wildman–Crippen MR) is 104 cm³/mol. The van der Waals surface area contributed by atoms with Gasteiger partial charge in [-0.3, -0.25) is 4.79 Å². The summed E-state index contributed by atoms with van der Waals surface area (Å²) in [5.41, 5.74) is 0. The van der Waals surface area contributed by atoms with Crippen LogP contribution >= 0.6 is 0 Å². The minimum atomic E-state index is -2.05. The van der Waals surface area contributed by atoms with Crippen molar-refractivity contribution in [3.05, 3.63) is 0 Å². The molecule has 6 heteroatoms. The second-order valence-electron chi connectivity index (χ2n) is 10.3. The van der Waals surface area contributed by atoms with Gasteiger partial charge in [0.1, 0.15) is 11.9 Å². The molecular formula is C18H38O4Si2. The normalized spacial score (nSPS) is 27.5. The lowest BCUT2D eigenvalue weighted by Gasteiger charge is -2.46. The van der Waals surface area contributed by atoms with Crippen molar-refractivity contribution in [1.82, 2.24) is 0 Å². The molecule has 1 rings (SSSR count). The van der Waals surface area contributed by atoms with Crippen LogP contribution in [-0.4, -0.2) is 45.8 Å². The van der Waals surface area contributed by atoms with E-state index in [1.165, 1.54) is 0 Å². The Balaban J connectivity index is 2.94. The monoisotopic (exact) mass is 374 g/mol. The van der Waals surface area contributed by atoms with Crippen LogP contribution in [0.4, 0.5) is 0 Å². The van der Waals surface area contributed by atoms with Crippen molar-refractivity contribution in [1.29, 1.82) is 0 Å². The maximum absolute atomic E-state index is 12.3. The van der Waals surface area contributed by atoms with Gasteiger partial charge in [0.05, 0.1) is 12.2 Å². The van der Waals surface area contributed by atoms with E-state index in [0.717, 1.165) is 0 Å². The van der Waals surface area contributed by atoms with Crippen molar-refractivity contribution in [2.75, 3.05) is 0 Å². The first-order chi connectivity index (χ1) is 10.5. The fraction of sp³-hybridized carbons (Fsp3) is 0.944. The van der Waals surface area contributed by atoms with Crippen LogP contribution in [0.25, 0.3) is 0 Å². The number of carbonyl (C=O) groups excluding carboxylic acids is 1. The fourth-order valence-corrected chi connectivity index (χ4v) is 5.01. The highest BCUT2D eigenvalue weighted by Gasteiger charge is 2.47. The molecule has 2 atom stereocenters. The Bertz CT molecular complexity index is 421. The first kappa shape index (κ1) is 22.0. The molecule has 4 nitrogen and oxygen atoms in total. The molecule has 1 aliphatic rings. The minimum absolute atomic E-state index is 0.0446. The van der Waals surface area contributed by atoms with E-state index in [1.54, 1.807) is 0 Å². The highest BCUT2D eigenvalue weighted by molar-refractivity contribution is 6.74. The lowest BCUT2D eigenvalue weighted by Crippen LogP contribution is -2.56. The zero-order valence-corrected chi connectivity index (χ0v) is 19.3. The second kappa shape index (κ2) is 6.95. The SMILES string of the molecule is CC(C)(C)[Si](C)(C)OC1CC(=O)CC(O[Si](C)(C)C(C)(C)C)C1O. The third kappa shape index (κ3) is 5.00. The molecule has 0 aromatic carbocycles. The van der Waals surface area contributed by atoms with Gasteiger partial charge in [-0.2, -0.15) is 0 Å². The molecule has 0 saturated heterocycles. The van der Waals surface area contributed by atoms with Crippen molar-refractivity contribution >= 4 is 22.4 Å². The Kier molecular flexibility index (Phi) is 6.38. The van der Waals surface area contributed by atoms with Crippen LogP contribution in [-0.2, 0) is 13.6 Å². The first-order valence-electron chi connectivity index (χ1n) is 9.03. The van der Waals surface area contributed by atoms with Gasteiger partial charge in [-0.15, -0.1) is 0 Å². The Hall–Kier alpha value is -0.0162. The largest absolute Gasteiger partial charge is 0.411 e. The molecule has 0 bridgehead atoms. The summed E-state index contributed by atoms with van der Waals surface area (Å²) in [6, 6.07) is 0. The molecule has 0 radical (unpaired) electrons. The van der Waals surface area contributed by atoms with Crippen LogP contribution in [0.2, 0.25) is 36.3 Å².